The smallest absolute Gasteiger partial charge is 0.310 e. The van der Waals surface area contributed by atoms with Crippen LogP contribution in [0.5, 0.6) is 0 Å². The van der Waals surface area contributed by atoms with E-state index in [1.54, 1.807) is 6.20 Å². The lowest BCUT2D eigenvalue weighted by atomic mass is 10.0. The van der Waals surface area contributed by atoms with E-state index >= 15 is 0 Å². The summed E-state index contributed by atoms with van der Waals surface area (Å²) in [7, 11) is 1.93. The van der Waals surface area contributed by atoms with Crippen molar-refractivity contribution in [3.8, 4) is 0 Å². The molecule has 2 heterocycles. The lowest BCUT2D eigenvalue weighted by Gasteiger charge is -2.26. The normalized spacial score (nSPS) is 23.5. The molecule has 1 N–H and O–H groups in total. The molecule has 98 valence electrons. The van der Waals surface area contributed by atoms with Crippen molar-refractivity contribution in [2.45, 2.75) is 19.5 Å². The molecule has 1 aliphatic rings. The molecule has 2 unspecified atom stereocenters. The van der Waals surface area contributed by atoms with E-state index in [0.717, 1.165) is 5.56 Å². The van der Waals surface area contributed by atoms with E-state index in [1.807, 2.05) is 31.1 Å². The van der Waals surface area contributed by atoms with Gasteiger partial charge in [0.2, 0.25) is 0 Å². The fourth-order valence-electron chi connectivity index (χ4n) is 2.26. The van der Waals surface area contributed by atoms with E-state index in [9.17, 15) is 4.79 Å². The largest absolute Gasteiger partial charge is 0.481 e. The number of likely N-dealkylation sites (N-methyl/N-ethyl adjacent to an activating group) is 1. The van der Waals surface area contributed by atoms with Crippen LogP contribution in [0.1, 0.15) is 11.1 Å². The van der Waals surface area contributed by atoms with Gasteiger partial charge in [0.1, 0.15) is 0 Å². The van der Waals surface area contributed by atoms with Gasteiger partial charge in [0.05, 0.1) is 19.1 Å². The lowest BCUT2D eigenvalue weighted by Crippen LogP contribution is -2.40. The Hall–Kier alpha value is -1.46. The second-order valence-electron chi connectivity index (χ2n) is 4.77. The lowest BCUT2D eigenvalue weighted by molar-refractivity contribution is -0.143. The highest BCUT2D eigenvalue weighted by molar-refractivity contribution is 5.71. The van der Waals surface area contributed by atoms with E-state index in [1.165, 1.54) is 5.56 Å². The number of pyridine rings is 1. The zero-order valence-electron chi connectivity index (χ0n) is 10.7. The second-order valence-corrected chi connectivity index (χ2v) is 4.77. The minimum Gasteiger partial charge on any atom is -0.481 e. The van der Waals surface area contributed by atoms with Crippen LogP contribution in [0.2, 0.25) is 0 Å². The second kappa shape index (κ2) is 5.46. The zero-order chi connectivity index (χ0) is 13.1. The van der Waals surface area contributed by atoms with Crippen LogP contribution in [0.25, 0.3) is 0 Å². The number of ether oxygens (including phenoxy) is 1. The van der Waals surface area contributed by atoms with Gasteiger partial charge in [-0.2, -0.15) is 0 Å². The maximum atomic E-state index is 11.1. The number of carboxylic acid groups (broad SMARTS) is 1. The molecular weight excluding hydrogens is 232 g/mol. The van der Waals surface area contributed by atoms with Crippen LogP contribution in [-0.4, -0.2) is 47.3 Å². The number of hydrogen-bond acceptors (Lipinski definition) is 4. The van der Waals surface area contributed by atoms with Crippen molar-refractivity contribution in [1.29, 1.82) is 0 Å². The predicted octanol–water partition coefficient (Wildman–Crippen LogP) is 0.921. The maximum Gasteiger partial charge on any atom is 0.310 e. The first-order valence-electron chi connectivity index (χ1n) is 6.00. The highest BCUT2D eigenvalue weighted by Crippen LogP contribution is 2.21. The van der Waals surface area contributed by atoms with Crippen molar-refractivity contribution < 1.29 is 14.6 Å². The Morgan fingerprint density at radius 3 is 3.06 bits per heavy atom. The zero-order valence-corrected chi connectivity index (χ0v) is 10.7. The summed E-state index contributed by atoms with van der Waals surface area (Å²) in [6.45, 7) is 3.51. The van der Waals surface area contributed by atoms with E-state index in [2.05, 4.69) is 4.98 Å². The molecule has 1 fully saturated rings. The summed E-state index contributed by atoms with van der Waals surface area (Å²) in [5.74, 6) is -1.22. The molecule has 0 spiro atoms. The van der Waals surface area contributed by atoms with Crippen LogP contribution in [0, 0.1) is 12.8 Å². The molecule has 1 aliphatic heterocycles. The van der Waals surface area contributed by atoms with Gasteiger partial charge < -0.3 is 9.84 Å². The standard InChI is InChI=1S/C13H18N2O3/c1-9-3-4-14-5-10(9)6-15(2)12-8-18-7-11(12)13(16)17/h3-5,11-12H,6-8H2,1-2H3,(H,16,17). The number of carboxylic acids is 1. The number of nitrogens with zero attached hydrogens (tertiary/aromatic N) is 2. The van der Waals surface area contributed by atoms with Gasteiger partial charge in [0.15, 0.2) is 0 Å². The Balaban J connectivity index is 2.06. The summed E-state index contributed by atoms with van der Waals surface area (Å²) in [6.07, 6.45) is 3.59. The number of carbonyl (C=O) groups is 1. The average Bonchev–Trinajstić information content (AvgIpc) is 2.81. The van der Waals surface area contributed by atoms with E-state index in [-0.39, 0.29) is 6.04 Å². The number of aromatic nitrogens is 1. The highest BCUT2D eigenvalue weighted by atomic mass is 16.5. The number of hydrogen-bond donors (Lipinski definition) is 1. The summed E-state index contributed by atoms with van der Waals surface area (Å²) >= 11 is 0. The Morgan fingerprint density at radius 1 is 1.61 bits per heavy atom. The van der Waals surface area contributed by atoms with Crippen molar-refractivity contribution in [3.63, 3.8) is 0 Å². The van der Waals surface area contributed by atoms with Crippen molar-refractivity contribution in [3.05, 3.63) is 29.6 Å². The molecule has 18 heavy (non-hydrogen) atoms. The number of aliphatic carboxylic acids is 1. The third-order valence-corrected chi connectivity index (χ3v) is 3.50. The Kier molecular flexibility index (Phi) is 3.93. The molecule has 0 aromatic carbocycles. The summed E-state index contributed by atoms with van der Waals surface area (Å²) < 4.78 is 5.28. The third-order valence-electron chi connectivity index (χ3n) is 3.50. The fourth-order valence-corrected chi connectivity index (χ4v) is 2.26. The van der Waals surface area contributed by atoms with Crippen LogP contribution in [-0.2, 0) is 16.1 Å². The minimum atomic E-state index is -0.785. The monoisotopic (exact) mass is 250 g/mol. The molecule has 1 aromatic heterocycles. The van der Waals surface area contributed by atoms with Gasteiger partial charge in [-0.25, -0.2) is 0 Å². The third kappa shape index (κ3) is 2.68. The van der Waals surface area contributed by atoms with E-state index < -0.39 is 11.9 Å². The first kappa shape index (κ1) is 13.0. The van der Waals surface area contributed by atoms with Gasteiger partial charge in [-0.3, -0.25) is 14.7 Å². The molecule has 2 atom stereocenters. The quantitative estimate of drug-likeness (QED) is 0.861. The fraction of sp³-hybridized carbons (Fsp3) is 0.538. The molecule has 0 saturated carbocycles. The summed E-state index contributed by atoms with van der Waals surface area (Å²) in [5.41, 5.74) is 2.29. The molecule has 2 rings (SSSR count). The Bertz CT molecular complexity index is 436. The Morgan fingerprint density at radius 2 is 2.39 bits per heavy atom. The molecule has 0 bridgehead atoms. The first-order chi connectivity index (χ1) is 8.59. The topological polar surface area (TPSA) is 62.7 Å². The number of aryl methyl sites for hydroxylation is 1. The van der Waals surface area contributed by atoms with Crippen molar-refractivity contribution in [1.82, 2.24) is 9.88 Å². The van der Waals surface area contributed by atoms with Gasteiger partial charge in [-0.15, -0.1) is 0 Å². The summed E-state index contributed by atoms with van der Waals surface area (Å²) in [4.78, 5) is 17.3. The molecule has 5 heteroatoms. The van der Waals surface area contributed by atoms with Gasteiger partial charge >= 0.3 is 5.97 Å². The van der Waals surface area contributed by atoms with Crippen LogP contribution in [0.3, 0.4) is 0 Å². The highest BCUT2D eigenvalue weighted by Gasteiger charge is 2.36. The van der Waals surface area contributed by atoms with Gasteiger partial charge in [0.25, 0.3) is 0 Å². The molecular formula is C13H18N2O3. The summed E-state index contributed by atoms with van der Waals surface area (Å²) in [5, 5.41) is 9.13. The van der Waals surface area contributed by atoms with Crippen molar-refractivity contribution in [2.75, 3.05) is 20.3 Å². The molecule has 5 nitrogen and oxygen atoms in total. The van der Waals surface area contributed by atoms with Gasteiger partial charge in [-0.1, -0.05) is 0 Å². The predicted molar refractivity (Wildman–Crippen MR) is 66.2 cm³/mol. The maximum absolute atomic E-state index is 11.1. The van der Waals surface area contributed by atoms with Gasteiger partial charge in [-0.05, 0) is 31.2 Å². The van der Waals surface area contributed by atoms with Crippen LogP contribution in [0.4, 0.5) is 0 Å². The van der Waals surface area contributed by atoms with Crippen molar-refractivity contribution >= 4 is 5.97 Å². The van der Waals surface area contributed by atoms with E-state index in [0.29, 0.717) is 19.8 Å². The number of rotatable bonds is 4. The van der Waals surface area contributed by atoms with Crippen LogP contribution < -0.4 is 0 Å². The van der Waals surface area contributed by atoms with E-state index in [4.69, 9.17) is 9.84 Å². The van der Waals surface area contributed by atoms with Crippen molar-refractivity contribution in [2.24, 2.45) is 5.92 Å². The summed E-state index contributed by atoms with van der Waals surface area (Å²) in [6, 6.07) is 1.89. The van der Waals surface area contributed by atoms with Crippen LogP contribution in [0.15, 0.2) is 18.5 Å². The van der Waals surface area contributed by atoms with Gasteiger partial charge in [0, 0.05) is 25.0 Å². The average molecular weight is 250 g/mol. The SMILES string of the molecule is Cc1ccncc1CN(C)C1COCC1C(=O)O. The Labute approximate surface area is 106 Å². The minimum absolute atomic E-state index is 0.0675. The van der Waals surface area contributed by atoms with Crippen LogP contribution >= 0.6 is 0 Å². The first-order valence-corrected chi connectivity index (χ1v) is 6.00. The molecule has 1 aromatic rings. The molecule has 1 saturated heterocycles. The molecule has 0 radical (unpaired) electrons. The molecule has 0 aliphatic carbocycles. The molecule has 0 amide bonds.